The van der Waals surface area contributed by atoms with E-state index in [0.717, 1.165) is 15.9 Å². The fraction of sp³-hybridized carbons (Fsp3) is 0.130. The zero-order valence-corrected chi connectivity index (χ0v) is 18.6. The highest BCUT2D eigenvalue weighted by Crippen LogP contribution is 2.30. The summed E-state index contributed by atoms with van der Waals surface area (Å²) in [7, 11) is 0. The molecule has 166 valence electrons. The Balaban J connectivity index is 1.44. The molecule has 3 heterocycles. The molecular weight excluding hydrogens is 443 g/mol. The van der Waals surface area contributed by atoms with E-state index in [-0.39, 0.29) is 23.2 Å². The van der Waals surface area contributed by atoms with Crippen LogP contribution in [0.1, 0.15) is 22.3 Å². The molecule has 2 N–H and O–H groups in total. The van der Waals surface area contributed by atoms with Crippen molar-refractivity contribution in [1.29, 1.82) is 0 Å². The average Bonchev–Trinajstić information content (AvgIpc) is 3.39. The van der Waals surface area contributed by atoms with Crippen molar-refractivity contribution in [3.8, 4) is 5.69 Å². The Labute approximate surface area is 191 Å². The topological polar surface area (TPSA) is 93.8 Å². The lowest BCUT2D eigenvalue weighted by atomic mass is 10.2. The van der Waals surface area contributed by atoms with Crippen LogP contribution in [0.5, 0.6) is 0 Å². The Morgan fingerprint density at radius 3 is 2.64 bits per heavy atom. The van der Waals surface area contributed by atoms with E-state index >= 15 is 0 Å². The summed E-state index contributed by atoms with van der Waals surface area (Å²) in [5.74, 6) is -0.445. The minimum absolute atomic E-state index is 0.184. The van der Waals surface area contributed by atoms with Gasteiger partial charge in [-0.15, -0.1) is 11.3 Å². The van der Waals surface area contributed by atoms with Crippen molar-refractivity contribution in [3.05, 3.63) is 81.3 Å². The maximum atomic E-state index is 13.3. The third-order valence-corrected chi connectivity index (χ3v) is 6.41. The first-order chi connectivity index (χ1) is 16.0. The minimum Gasteiger partial charge on any atom is -0.277 e. The van der Waals surface area contributed by atoms with Crippen LogP contribution in [-0.4, -0.2) is 25.2 Å². The number of halogens is 1. The molecule has 2 aromatic carbocycles. The molecule has 5 aromatic rings. The number of hydrogen-bond donors (Lipinski definition) is 2. The molecular formula is C23H19FN6O2S. The highest BCUT2D eigenvalue weighted by atomic mass is 32.1. The number of nitrogens with one attached hydrogen (secondary N) is 2. The van der Waals surface area contributed by atoms with Gasteiger partial charge in [-0.3, -0.25) is 25.0 Å². The van der Waals surface area contributed by atoms with Gasteiger partial charge in [0.1, 0.15) is 10.6 Å². The van der Waals surface area contributed by atoms with Crippen LogP contribution >= 0.6 is 11.3 Å². The number of carbonyl (C=O) groups excluding carboxylic acids is 1. The highest BCUT2D eigenvalue weighted by Gasteiger charge is 2.18. The number of fused-ring (bicyclic) bond motifs is 2. The molecule has 1 amide bonds. The lowest BCUT2D eigenvalue weighted by Crippen LogP contribution is -2.34. The lowest BCUT2D eigenvalue weighted by molar-refractivity contribution is 0.0966. The summed E-state index contributed by atoms with van der Waals surface area (Å²) in [5.41, 5.74) is 7.25. The number of thiophene rings is 1. The van der Waals surface area contributed by atoms with Crippen LogP contribution in [0.4, 0.5) is 10.3 Å². The molecule has 0 spiro atoms. The van der Waals surface area contributed by atoms with Crippen LogP contribution in [0.2, 0.25) is 0 Å². The number of carbonyl (C=O) groups is 1. The van der Waals surface area contributed by atoms with Crippen LogP contribution in [-0.2, 0) is 6.54 Å². The second-order valence-electron chi connectivity index (χ2n) is 7.38. The van der Waals surface area contributed by atoms with Gasteiger partial charge in [-0.1, -0.05) is 12.1 Å². The number of hydrazine groups is 1. The molecule has 0 unspecified atom stereocenters. The molecule has 0 fully saturated rings. The first-order valence-corrected chi connectivity index (χ1v) is 11.1. The fourth-order valence-corrected chi connectivity index (χ4v) is 4.73. The van der Waals surface area contributed by atoms with Crippen molar-refractivity contribution in [2.45, 2.75) is 20.4 Å². The SMILES string of the molecule is CCn1c(NNC(=O)c2cc3c(C)nn(-c4ccc(F)cc4)c3s2)nc2ccccc2c1=O. The zero-order chi connectivity index (χ0) is 23.1. The zero-order valence-electron chi connectivity index (χ0n) is 17.8. The largest absolute Gasteiger partial charge is 0.279 e. The smallest absolute Gasteiger partial charge is 0.277 e. The van der Waals surface area contributed by atoms with E-state index in [1.165, 1.54) is 28.0 Å². The summed E-state index contributed by atoms with van der Waals surface area (Å²) in [4.78, 5) is 31.3. The maximum Gasteiger partial charge on any atom is 0.279 e. The van der Waals surface area contributed by atoms with Crippen molar-refractivity contribution in [3.63, 3.8) is 0 Å². The standard InChI is InChI=1S/C23H19FN6O2S/c1-3-29-21(32)16-6-4-5-7-18(16)25-23(29)27-26-20(31)19-12-17-13(2)28-30(22(17)33-19)15-10-8-14(24)9-11-15/h4-12H,3H2,1-2H3,(H,25,27)(H,26,31). The van der Waals surface area contributed by atoms with Crippen LogP contribution in [0.25, 0.3) is 26.8 Å². The van der Waals surface area contributed by atoms with Gasteiger partial charge >= 0.3 is 0 Å². The second-order valence-corrected chi connectivity index (χ2v) is 8.41. The second kappa shape index (κ2) is 8.14. The summed E-state index contributed by atoms with van der Waals surface area (Å²) in [6, 6.07) is 14.8. The fourth-order valence-electron chi connectivity index (χ4n) is 3.65. The summed E-state index contributed by atoms with van der Waals surface area (Å²) in [6.07, 6.45) is 0. The average molecular weight is 463 g/mol. The molecule has 0 atom stereocenters. The molecule has 0 radical (unpaired) electrons. The number of hydrogen-bond acceptors (Lipinski definition) is 6. The third-order valence-electron chi connectivity index (χ3n) is 5.31. The van der Waals surface area contributed by atoms with E-state index in [1.807, 2.05) is 13.8 Å². The van der Waals surface area contributed by atoms with Crippen LogP contribution in [0, 0.1) is 12.7 Å². The first-order valence-electron chi connectivity index (χ1n) is 10.3. The monoisotopic (exact) mass is 462 g/mol. The number of aryl methyl sites for hydroxylation is 1. The van der Waals surface area contributed by atoms with Gasteiger partial charge in [0, 0.05) is 11.9 Å². The Hall–Kier alpha value is -4.05. The Morgan fingerprint density at radius 2 is 1.88 bits per heavy atom. The van der Waals surface area contributed by atoms with Gasteiger partial charge in [0.25, 0.3) is 11.5 Å². The number of aromatic nitrogens is 4. The molecule has 0 saturated heterocycles. The normalized spacial score (nSPS) is 11.2. The molecule has 10 heteroatoms. The molecule has 3 aromatic heterocycles. The molecule has 0 saturated carbocycles. The number of rotatable bonds is 5. The van der Waals surface area contributed by atoms with Gasteiger partial charge in [0.15, 0.2) is 0 Å². The van der Waals surface area contributed by atoms with E-state index in [4.69, 9.17) is 0 Å². The Morgan fingerprint density at radius 1 is 1.12 bits per heavy atom. The minimum atomic E-state index is -0.369. The number of para-hydroxylation sites is 1. The van der Waals surface area contributed by atoms with E-state index in [0.29, 0.717) is 28.0 Å². The van der Waals surface area contributed by atoms with E-state index in [9.17, 15) is 14.0 Å². The van der Waals surface area contributed by atoms with Gasteiger partial charge in [-0.25, -0.2) is 14.1 Å². The molecule has 0 bridgehead atoms. The molecule has 0 aliphatic rings. The predicted molar refractivity (Wildman–Crippen MR) is 126 cm³/mol. The highest BCUT2D eigenvalue weighted by molar-refractivity contribution is 7.20. The van der Waals surface area contributed by atoms with Crippen molar-refractivity contribution in [1.82, 2.24) is 24.8 Å². The van der Waals surface area contributed by atoms with Crippen LogP contribution in [0.3, 0.4) is 0 Å². The molecule has 0 aliphatic carbocycles. The van der Waals surface area contributed by atoms with Gasteiger partial charge in [-0.2, -0.15) is 5.10 Å². The van der Waals surface area contributed by atoms with Crippen molar-refractivity contribution >= 4 is 44.3 Å². The van der Waals surface area contributed by atoms with Crippen molar-refractivity contribution < 1.29 is 9.18 Å². The van der Waals surface area contributed by atoms with Gasteiger partial charge < -0.3 is 0 Å². The molecule has 33 heavy (non-hydrogen) atoms. The van der Waals surface area contributed by atoms with E-state index < -0.39 is 0 Å². The Kier molecular flexibility index (Phi) is 5.14. The van der Waals surface area contributed by atoms with Crippen molar-refractivity contribution in [2.24, 2.45) is 0 Å². The number of amides is 1. The summed E-state index contributed by atoms with van der Waals surface area (Å²) in [5, 5.41) is 5.87. The molecule has 0 aliphatic heterocycles. The number of nitrogens with zero attached hydrogens (tertiary/aromatic N) is 4. The van der Waals surface area contributed by atoms with Gasteiger partial charge in [-0.05, 0) is 56.3 Å². The summed E-state index contributed by atoms with van der Waals surface area (Å²) < 4.78 is 16.5. The molecule has 8 nitrogen and oxygen atoms in total. The first kappa shape index (κ1) is 20.8. The van der Waals surface area contributed by atoms with Gasteiger partial charge in [0.2, 0.25) is 5.95 Å². The Bertz CT molecular complexity index is 1570. The number of benzene rings is 2. The summed E-state index contributed by atoms with van der Waals surface area (Å²) in [6.45, 7) is 4.08. The number of anilines is 1. The quantitative estimate of drug-likeness (QED) is 0.385. The summed E-state index contributed by atoms with van der Waals surface area (Å²) >= 11 is 1.27. The third kappa shape index (κ3) is 3.64. The van der Waals surface area contributed by atoms with E-state index in [1.54, 1.807) is 47.1 Å². The lowest BCUT2D eigenvalue weighted by Gasteiger charge is -2.13. The maximum absolute atomic E-state index is 13.3. The van der Waals surface area contributed by atoms with Crippen molar-refractivity contribution in [2.75, 3.05) is 5.43 Å². The molecule has 5 rings (SSSR count). The van der Waals surface area contributed by atoms with Crippen LogP contribution < -0.4 is 16.4 Å². The predicted octanol–water partition coefficient (Wildman–Crippen LogP) is 4.02. The van der Waals surface area contributed by atoms with Gasteiger partial charge in [0.05, 0.1) is 27.2 Å². The van der Waals surface area contributed by atoms with Crippen LogP contribution in [0.15, 0.2) is 59.4 Å². The van der Waals surface area contributed by atoms with E-state index in [2.05, 4.69) is 20.9 Å².